The van der Waals surface area contributed by atoms with Crippen molar-refractivity contribution < 1.29 is 4.79 Å². The van der Waals surface area contributed by atoms with Crippen molar-refractivity contribution in [1.82, 2.24) is 14.9 Å². The summed E-state index contributed by atoms with van der Waals surface area (Å²) in [6, 6.07) is 0. The van der Waals surface area contributed by atoms with Crippen molar-refractivity contribution in [2.75, 3.05) is 43.4 Å². The molecule has 0 saturated carbocycles. The number of carbonyl (C=O) groups excluding carboxylic acids is 1. The van der Waals surface area contributed by atoms with Crippen molar-refractivity contribution in [2.45, 2.75) is 20.8 Å². The lowest BCUT2D eigenvalue weighted by molar-refractivity contribution is -0.114. The number of hydrogen-bond acceptors (Lipinski definition) is 5. The minimum Gasteiger partial charge on any atom is -0.338 e. The van der Waals surface area contributed by atoms with Gasteiger partial charge in [-0.15, -0.1) is 0 Å². The Hall–Kier alpha value is -1.69. The molecule has 0 bridgehead atoms. The van der Waals surface area contributed by atoms with Crippen LogP contribution in [0.1, 0.15) is 18.3 Å². The number of likely N-dealkylation sites (N-methyl/N-ethyl adjacent to an activating group) is 1. The van der Waals surface area contributed by atoms with Crippen LogP contribution in [0.15, 0.2) is 0 Å². The summed E-state index contributed by atoms with van der Waals surface area (Å²) < 4.78 is 0. The van der Waals surface area contributed by atoms with Gasteiger partial charge in [0.15, 0.2) is 0 Å². The Morgan fingerprint density at radius 1 is 1.11 bits per heavy atom. The van der Waals surface area contributed by atoms with Gasteiger partial charge in [-0.2, -0.15) is 0 Å². The molecular weight excluding hydrogens is 242 g/mol. The first-order chi connectivity index (χ1) is 8.97. The molecular formula is C13H21N5O. The summed E-state index contributed by atoms with van der Waals surface area (Å²) in [4.78, 5) is 24.7. The van der Waals surface area contributed by atoms with Crippen LogP contribution in [0.4, 0.5) is 11.6 Å². The molecule has 2 heterocycles. The lowest BCUT2D eigenvalue weighted by atomic mass is 10.2. The smallest absolute Gasteiger partial charge is 0.225 e. The number of hydrogen-bond donors (Lipinski definition) is 1. The van der Waals surface area contributed by atoms with Gasteiger partial charge in [-0.3, -0.25) is 4.79 Å². The molecule has 0 aliphatic carbocycles. The molecule has 19 heavy (non-hydrogen) atoms. The van der Waals surface area contributed by atoms with Gasteiger partial charge >= 0.3 is 0 Å². The Labute approximate surface area is 113 Å². The zero-order valence-corrected chi connectivity index (χ0v) is 12.0. The summed E-state index contributed by atoms with van der Waals surface area (Å²) >= 11 is 0. The van der Waals surface area contributed by atoms with Gasteiger partial charge in [0, 0.05) is 33.1 Å². The van der Waals surface area contributed by atoms with Crippen LogP contribution in [0.5, 0.6) is 0 Å². The monoisotopic (exact) mass is 263 g/mol. The Morgan fingerprint density at radius 3 is 2.11 bits per heavy atom. The average Bonchev–Trinajstić information content (AvgIpc) is 2.34. The number of rotatable bonds is 2. The predicted molar refractivity (Wildman–Crippen MR) is 75.5 cm³/mol. The van der Waals surface area contributed by atoms with Gasteiger partial charge in [0.2, 0.25) is 11.9 Å². The first kappa shape index (κ1) is 13.7. The molecule has 1 saturated heterocycles. The molecule has 0 aromatic carbocycles. The lowest BCUT2D eigenvalue weighted by Gasteiger charge is -2.32. The van der Waals surface area contributed by atoms with Crippen LogP contribution in [0.25, 0.3) is 0 Å². The van der Waals surface area contributed by atoms with Crippen LogP contribution >= 0.6 is 0 Å². The number of carbonyl (C=O) groups is 1. The van der Waals surface area contributed by atoms with Gasteiger partial charge in [0.05, 0.1) is 17.1 Å². The second-order valence-corrected chi connectivity index (χ2v) is 5.04. The summed E-state index contributed by atoms with van der Waals surface area (Å²) in [6.45, 7) is 9.22. The molecule has 1 amide bonds. The summed E-state index contributed by atoms with van der Waals surface area (Å²) in [5, 5.41) is 2.79. The summed E-state index contributed by atoms with van der Waals surface area (Å²) in [6.07, 6.45) is 0. The van der Waals surface area contributed by atoms with E-state index in [1.807, 2.05) is 13.8 Å². The highest BCUT2D eigenvalue weighted by Crippen LogP contribution is 2.21. The summed E-state index contributed by atoms with van der Waals surface area (Å²) in [5.41, 5.74) is 2.36. The molecule has 0 atom stereocenters. The highest BCUT2D eigenvalue weighted by atomic mass is 16.1. The topological polar surface area (TPSA) is 61.4 Å². The number of piperazine rings is 1. The third kappa shape index (κ3) is 3.20. The minimum atomic E-state index is -0.0952. The van der Waals surface area contributed by atoms with Crippen LogP contribution in [0.3, 0.4) is 0 Å². The van der Waals surface area contributed by atoms with Crippen molar-refractivity contribution in [3.63, 3.8) is 0 Å². The van der Waals surface area contributed by atoms with E-state index < -0.39 is 0 Å². The van der Waals surface area contributed by atoms with Gasteiger partial charge in [0.25, 0.3) is 0 Å². The fourth-order valence-electron chi connectivity index (χ4n) is 2.20. The Balaban J connectivity index is 2.22. The van der Waals surface area contributed by atoms with E-state index in [0.29, 0.717) is 0 Å². The second-order valence-electron chi connectivity index (χ2n) is 5.04. The molecule has 104 valence electrons. The third-order valence-electron chi connectivity index (χ3n) is 3.35. The van der Waals surface area contributed by atoms with Gasteiger partial charge < -0.3 is 15.1 Å². The maximum absolute atomic E-state index is 11.2. The zero-order valence-electron chi connectivity index (χ0n) is 12.0. The Morgan fingerprint density at radius 2 is 1.63 bits per heavy atom. The van der Waals surface area contributed by atoms with Gasteiger partial charge in [-0.25, -0.2) is 9.97 Å². The average molecular weight is 263 g/mol. The molecule has 1 aromatic rings. The van der Waals surface area contributed by atoms with Crippen molar-refractivity contribution >= 4 is 17.5 Å². The standard InChI is InChI=1S/C13H21N5O/c1-9-12(16-11(3)19)10(2)15-13(14-9)18-7-5-17(4)6-8-18/h5-8H2,1-4H3,(H,16,19). The molecule has 6 heteroatoms. The third-order valence-corrected chi connectivity index (χ3v) is 3.35. The van der Waals surface area contributed by atoms with E-state index in [9.17, 15) is 4.79 Å². The second kappa shape index (κ2) is 5.52. The van der Waals surface area contributed by atoms with E-state index in [4.69, 9.17) is 0 Å². The van der Waals surface area contributed by atoms with Gasteiger partial charge in [-0.05, 0) is 20.9 Å². The lowest BCUT2D eigenvalue weighted by Crippen LogP contribution is -2.45. The molecule has 1 aliphatic rings. The summed E-state index contributed by atoms with van der Waals surface area (Å²) in [5.74, 6) is 0.666. The van der Waals surface area contributed by atoms with E-state index in [1.165, 1.54) is 6.92 Å². The van der Waals surface area contributed by atoms with Crippen LogP contribution in [-0.4, -0.2) is 54.0 Å². The molecule has 0 unspecified atom stereocenters. The maximum Gasteiger partial charge on any atom is 0.225 e. The first-order valence-electron chi connectivity index (χ1n) is 6.53. The van der Waals surface area contributed by atoms with E-state index in [1.54, 1.807) is 0 Å². The van der Waals surface area contributed by atoms with Crippen molar-refractivity contribution in [3.05, 3.63) is 11.4 Å². The summed E-state index contributed by atoms with van der Waals surface area (Å²) in [7, 11) is 2.12. The number of aryl methyl sites for hydroxylation is 2. The van der Waals surface area contributed by atoms with Crippen LogP contribution in [0, 0.1) is 13.8 Å². The maximum atomic E-state index is 11.2. The molecule has 2 rings (SSSR count). The normalized spacial score (nSPS) is 16.5. The molecule has 0 radical (unpaired) electrons. The number of aromatic nitrogens is 2. The number of nitrogens with zero attached hydrogens (tertiary/aromatic N) is 4. The van der Waals surface area contributed by atoms with Crippen LogP contribution < -0.4 is 10.2 Å². The molecule has 1 aliphatic heterocycles. The Bertz CT molecular complexity index is 457. The Kier molecular flexibility index (Phi) is 3.99. The van der Waals surface area contributed by atoms with E-state index in [-0.39, 0.29) is 5.91 Å². The van der Waals surface area contributed by atoms with Crippen LogP contribution in [0.2, 0.25) is 0 Å². The molecule has 1 fully saturated rings. The van der Waals surface area contributed by atoms with E-state index in [0.717, 1.165) is 49.2 Å². The van der Waals surface area contributed by atoms with Crippen molar-refractivity contribution in [3.8, 4) is 0 Å². The SMILES string of the molecule is CC(=O)Nc1c(C)nc(N2CCN(C)CC2)nc1C. The number of amides is 1. The molecule has 1 aromatic heterocycles. The fourth-order valence-corrected chi connectivity index (χ4v) is 2.20. The van der Waals surface area contributed by atoms with Crippen molar-refractivity contribution in [2.24, 2.45) is 0 Å². The van der Waals surface area contributed by atoms with E-state index >= 15 is 0 Å². The largest absolute Gasteiger partial charge is 0.338 e. The van der Waals surface area contributed by atoms with Crippen LogP contribution in [-0.2, 0) is 4.79 Å². The minimum absolute atomic E-state index is 0.0952. The van der Waals surface area contributed by atoms with Gasteiger partial charge in [0.1, 0.15) is 0 Å². The molecule has 0 spiro atoms. The fraction of sp³-hybridized carbons (Fsp3) is 0.615. The van der Waals surface area contributed by atoms with E-state index in [2.05, 4.69) is 32.1 Å². The molecule has 1 N–H and O–H groups in total. The predicted octanol–water partition coefficient (Wildman–Crippen LogP) is 0.804. The highest BCUT2D eigenvalue weighted by molar-refractivity contribution is 5.89. The quantitative estimate of drug-likeness (QED) is 0.855. The van der Waals surface area contributed by atoms with Crippen molar-refractivity contribution in [1.29, 1.82) is 0 Å². The highest BCUT2D eigenvalue weighted by Gasteiger charge is 2.18. The first-order valence-corrected chi connectivity index (χ1v) is 6.53. The zero-order chi connectivity index (χ0) is 14.0. The van der Waals surface area contributed by atoms with Gasteiger partial charge in [-0.1, -0.05) is 0 Å². The molecule has 6 nitrogen and oxygen atoms in total. The number of nitrogens with one attached hydrogen (secondary N) is 1. The number of anilines is 2.